The number of aryl methyl sites for hydroxylation is 2. The Morgan fingerprint density at radius 2 is 1.81 bits per heavy atom. The summed E-state index contributed by atoms with van der Waals surface area (Å²) in [5, 5.41) is 2.56. The highest BCUT2D eigenvalue weighted by atomic mass is 16.1. The number of rotatable bonds is 0. The zero-order valence-corrected chi connectivity index (χ0v) is 9.42. The van der Waals surface area contributed by atoms with Crippen LogP contribution in [0.5, 0.6) is 0 Å². The number of carbonyl (C=O) groups is 1. The topological polar surface area (TPSA) is 17.1 Å². The zero-order chi connectivity index (χ0) is 11.1. The molecule has 16 heavy (non-hydrogen) atoms. The Kier molecular flexibility index (Phi) is 2.06. The van der Waals surface area contributed by atoms with Crippen LogP contribution in [0.25, 0.3) is 10.8 Å². The quantitative estimate of drug-likeness (QED) is 0.648. The molecule has 0 fully saturated rings. The summed E-state index contributed by atoms with van der Waals surface area (Å²) in [7, 11) is 0. The molecule has 1 aliphatic rings. The Bertz CT molecular complexity index is 581. The van der Waals surface area contributed by atoms with Gasteiger partial charge in [0, 0.05) is 12.0 Å². The zero-order valence-electron chi connectivity index (χ0n) is 9.42. The first-order valence-corrected chi connectivity index (χ1v) is 5.82. The van der Waals surface area contributed by atoms with Gasteiger partial charge in [0.05, 0.1) is 0 Å². The van der Waals surface area contributed by atoms with Crippen LogP contribution in [0, 0.1) is 6.92 Å². The van der Waals surface area contributed by atoms with E-state index in [1.807, 2.05) is 0 Å². The first kappa shape index (κ1) is 9.59. The molecule has 2 aromatic carbocycles. The lowest BCUT2D eigenvalue weighted by atomic mass is 9.85. The second kappa shape index (κ2) is 3.44. The van der Waals surface area contributed by atoms with Crippen molar-refractivity contribution in [2.45, 2.75) is 26.2 Å². The number of ketones is 1. The number of benzene rings is 2. The molecule has 0 spiro atoms. The van der Waals surface area contributed by atoms with Crippen LogP contribution in [0.4, 0.5) is 0 Å². The minimum atomic E-state index is 0.315. The number of fused-ring (bicyclic) bond motifs is 3. The maximum atomic E-state index is 11.9. The summed E-state index contributed by atoms with van der Waals surface area (Å²) in [4.78, 5) is 11.9. The van der Waals surface area contributed by atoms with Gasteiger partial charge in [-0.3, -0.25) is 4.79 Å². The van der Waals surface area contributed by atoms with Crippen molar-refractivity contribution < 1.29 is 4.79 Å². The van der Waals surface area contributed by atoms with Gasteiger partial charge in [0.2, 0.25) is 0 Å². The van der Waals surface area contributed by atoms with E-state index in [1.165, 1.54) is 21.9 Å². The van der Waals surface area contributed by atoms with Gasteiger partial charge in [-0.1, -0.05) is 24.3 Å². The van der Waals surface area contributed by atoms with Crippen molar-refractivity contribution in [1.29, 1.82) is 0 Å². The molecule has 0 N–H and O–H groups in total. The highest BCUT2D eigenvalue weighted by Gasteiger charge is 2.19. The lowest BCUT2D eigenvalue weighted by molar-refractivity contribution is 0.0973. The molecule has 0 heterocycles. The van der Waals surface area contributed by atoms with Crippen LogP contribution in [0.3, 0.4) is 0 Å². The Labute approximate surface area is 95.1 Å². The molecule has 0 unspecified atom stereocenters. The molecular formula is C15H14O. The van der Waals surface area contributed by atoms with Crippen LogP contribution in [0.1, 0.15) is 34.3 Å². The van der Waals surface area contributed by atoms with Gasteiger partial charge in [-0.15, -0.1) is 0 Å². The Balaban J connectivity index is 2.43. The van der Waals surface area contributed by atoms with Crippen molar-refractivity contribution >= 4 is 16.6 Å². The van der Waals surface area contributed by atoms with Gasteiger partial charge in [-0.05, 0) is 47.7 Å². The molecule has 0 aliphatic heterocycles. The summed E-state index contributed by atoms with van der Waals surface area (Å²) < 4.78 is 0. The molecule has 1 aliphatic carbocycles. The summed E-state index contributed by atoms with van der Waals surface area (Å²) in [5.74, 6) is 0.315. The van der Waals surface area contributed by atoms with Crippen molar-refractivity contribution in [3.63, 3.8) is 0 Å². The second-order valence-corrected chi connectivity index (χ2v) is 4.54. The van der Waals surface area contributed by atoms with Gasteiger partial charge in [-0.25, -0.2) is 0 Å². The van der Waals surface area contributed by atoms with Crippen molar-refractivity contribution in [3.8, 4) is 0 Å². The minimum absolute atomic E-state index is 0.315. The van der Waals surface area contributed by atoms with Crippen molar-refractivity contribution in [2.75, 3.05) is 0 Å². The molecular weight excluding hydrogens is 196 g/mol. The normalized spacial score (nSPS) is 15.2. The highest BCUT2D eigenvalue weighted by Crippen LogP contribution is 2.31. The lowest BCUT2D eigenvalue weighted by Gasteiger charge is -2.18. The molecule has 2 aromatic rings. The second-order valence-electron chi connectivity index (χ2n) is 4.54. The van der Waals surface area contributed by atoms with E-state index in [0.717, 1.165) is 18.4 Å². The standard InChI is InChI=1S/C15H14O/c1-10-9-14-13(7-4-8-15(14)16)12-6-3-2-5-11(10)12/h2-3,5-6,9H,4,7-8H2,1H3. The van der Waals surface area contributed by atoms with E-state index in [-0.39, 0.29) is 0 Å². The van der Waals surface area contributed by atoms with E-state index < -0.39 is 0 Å². The summed E-state index contributed by atoms with van der Waals surface area (Å²) in [6.45, 7) is 2.09. The number of carbonyl (C=O) groups excluding carboxylic acids is 1. The fourth-order valence-electron chi connectivity index (χ4n) is 2.70. The summed E-state index contributed by atoms with van der Waals surface area (Å²) in [5.41, 5.74) is 3.43. The molecule has 80 valence electrons. The maximum absolute atomic E-state index is 11.9. The molecule has 1 nitrogen and oxygen atoms in total. The molecule has 0 saturated carbocycles. The van der Waals surface area contributed by atoms with Crippen LogP contribution in [0.2, 0.25) is 0 Å². The fraction of sp³-hybridized carbons (Fsp3) is 0.267. The SMILES string of the molecule is Cc1cc2c(c3ccccc13)CCCC2=O. The molecule has 3 rings (SSSR count). The summed E-state index contributed by atoms with van der Waals surface area (Å²) in [6, 6.07) is 10.5. The Hall–Kier alpha value is -1.63. The third-order valence-electron chi connectivity index (χ3n) is 3.49. The van der Waals surface area contributed by atoms with Gasteiger partial charge in [-0.2, -0.15) is 0 Å². The molecule has 0 bridgehead atoms. The monoisotopic (exact) mass is 210 g/mol. The lowest BCUT2D eigenvalue weighted by Crippen LogP contribution is -2.11. The average Bonchev–Trinajstić information content (AvgIpc) is 2.31. The Morgan fingerprint density at radius 3 is 2.62 bits per heavy atom. The molecule has 0 amide bonds. The van der Waals surface area contributed by atoms with E-state index in [1.54, 1.807) is 0 Å². The molecule has 0 radical (unpaired) electrons. The third kappa shape index (κ3) is 1.28. The largest absolute Gasteiger partial charge is 0.294 e. The van der Waals surface area contributed by atoms with Crippen molar-refractivity contribution in [1.82, 2.24) is 0 Å². The van der Waals surface area contributed by atoms with Gasteiger partial charge < -0.3 is 0 Å². The van der Waals surface area contributed by atoms with Crippen LogP contribution in [0.15, 0.2) is 30.3 Å². The first-order chi connectivity index (χ1) is 7.77. The third-order valence-corrected chi connectivity index (χ3v) is 3.49. The Morgan fingerprint density at radius 1 is 1.06 bits per heavy atom. The smallest absolute Gasteiger partial charge is 0.163 e. The highest BCUT2D eigenvalue weighted by molar-refractivity contribution is 6.04. The summed E-state index contributed by atoms with van der Waals surface area (Å²) >= 11 is 0. The maximum Gasteiger partial charge on any atom is 0.163 e. The molecule has 0 saturated heterocycles. The predicted octanol–water partition coefficient (Wildman–Crippen LogP) is 3.67. The molecule has 1 heteroatoms. The van der Waals surface area contributed by atoms with Crippen molar-refractivity contribution in [3.05, 3.63) is 47.0 Å². The van der Waals surface area contributed by atoms with Crippen LogP contribution in [-0.2, 0) is 6.42 Å². The van der Waals surface area contributed by atoms with E-state index >= 15 is 0 Å². The number of hydrogen-bond donors (Lipinski definition) is 0. The van der Waals surface area contributed by atoms with Gasteiger partial charge in [0.15, 0.2) is 5.78 Å². The van der Waals surface area contributed by atoms with Crippen LogP contribution >= 0.6 is 0 Å². The van der Waals surface area contributed by atoms with Gasteiger partial charge >= 0.3 is 0 Å². The van der Waals surface area contributed by atoms with Gasteiger partial charge in [0.25, 0.3) is 0 Å². The molecule has 0 atom stereocenters. The van der Waals surface area contributed by atoms with E-state index in [9.17, 15) is 4.79 Å². The van der Waals surface area contributed by atoms with E-state index in [2.05, 4.69) is 37.3 Å². The average molecular weight is 210 g/mol. The van der Waals surface area contributed by atoms with Crippen LogP contribution in [-0.4, -0.2) is 5.78 Å². The van der Waals surface area contributed by atoms with E-state index in [4.69, 9.17) is 0 Å². The predicted molar refractivity (Wildman–Crippen MR) is 66.0 cm³/mol. The van der Waals surface area contributed by atoms with Crippen LogP contribution < -0.4 is 0 Å². The van der Waals surface area contributed by atoms with E-state index in [0.29, 0.717) is 12.2 Å². The molecule has 0 aromatic heterocycles. The van der Waals surface area contributed by atoms with Gasteiger partial charge in [0.1, 0.15) is 0 Å². The summed E-state index contributed by atoms with van der Waals surface area (Å²) in [6.07, 6.45) is 2.76. The fourth-order valence-corrected chi connectivity index (χ4v) is 2.70. The first-order valence-electron chi connectivity index (χ1n) is 5.82. The van der Waals surface area contributed by atoms with Crippen molar-refractivity contribution in [2.24, 2.45) is 0 Å². The minimum Gasteiger partial charge on any atom is -0.294 e. The number of hydrogen-bond acceptors (Lipinski definition) is 1. The number of Topliss-reactive ketones (excluding diaryl/α,β-unsaturated/α-hetero) is 1.